The molecule has 0 aliphatic rings. The van der Waals surface area contributed by atoms with Gasteiger partial charge in [-0.15, -0.1) is 0 Å². The Balaban J connectivity index is 3.96. The van der Waals surface area contributed by atoms with Crippen LogP contribution in [0.5, 0.6) is 0 Å². The van der Waals surface area contributed by atoms with Crippen LogP contribution in [0.4, 0.5) is 0 Å². The lowest BCUT2D eigenvalue weighted by Crippen LogP contribution is -2.35. The average molecular weight is 613 g/mol. The zero-order valence-electron chi connectivity index (χ0n) is 28.9. The highest BCUT2D eigenvalue weighted by Gasteiger charge is 2.22. The fraction of sp³-hybridized carbons (Fsp3) is 0.944. The third-order valence-electron chi connectivity index (χ3n) is 7.90. The van der Waals surface area contributed by atoms with Crippen molar-refractivity contribution in [1.82, 2.24) is 0 Å². The summed E-state index contributed by atoms with van der Waals surface area (Å²) < 4.78 is 17.2. The van der Waals surface area contributed by atoms with Crippen molar-refractivity contribution < 1.29 is 23.5 Å². The van der Waals surface area contributed by atoms with Gasteiger partial charge in [0.15, 0.2) is 14.4 Å². The second-order valence-corrected chi connectivity index (χ2v) is 18.0. The largest absolute Gasteiger partial charge is 0.462 e. The van der Waals surface area contributed by atoms with E-state index < -0.39 is 14.4 Å². The van der Waals surface area contributed by atoms with E-state index in [2.05, 4.69) is 33.5 Å². The molecule has 0 rings (SSSR count). The molecule has 0 aromatic rings. The molecule has 5 nitrogen and oxygen atoms in total. The molecular weight excluding hydrogens is 540 g/mol. The Labute approximate surface area is 263 Å². The number of rotatable bonds is 32. The van der Waals surface area contributed by atoms with Crippen LogP contribution in [0.2, 0.25) is 19.6 Å². The average Bonchev–Trinajstić information content (AvgIpc) is 2.95. The molecule has 0 bridgehead atoms. The monoisotopic (exact) mass is 613 g/mol. The maximum atomic E-state index is 12.5. The van der Waals surface area contributed by atoms with Crippen LogP contribution in [0.1, 0.15) is 181 Å². The normalized spacial score (nSPS) is 12.4. The number of hydrogen-bond acceptors (Lipinski definition) is 5. The molecule has 0 radical (unpaired) electrons. The van der Waals surface area contributed by atoms with Crippen LogP contribution in [-0.4, -0.2) is 39.6 Å². The third kappa shape index (κ3) is 32.0. The first-order valence-electron chi connectivity index (χ1n) is 18.3. The zero-order chi connectivity index (χ0) is 31.2. The van der Waals surface area contributed by atoms with E-state index in [1.807, 2.05) is 0 Å². The van der Waals surface area contributed by atoms with Crippen LogP contribution in [0, 0.1) is 0 Å². The minimum Gasteiger partial charge on any atom is -0.462 e. The molecule has 0 saturated heterocycles. The Morgan fingerprint density at radius 2 is 0.810 bits per heavy atom. The minimum absolute atomic E-state index is 0.0890. The molecule has 0 heterocycles. The smallest absolute Gasteiger partial charge is 0.306 e. The summed E-state index contributed by atoms with van der Waals surface area (Å²) in [6, 6.07) is 0. The van der Waals surface area contributed by atoms with E-state index in [4.69, 9.17) is 13.9 Å². The first-order valence-corrected chi connectivity index (χ1v) is 21.7. The fourth-order valence-corrected chi connectivity index (χ4v) is 5.87. The number of ether oxygens (including phenoxy) is 2. The van der Waals surface area contributed by atoms with Gasteiger partial charge in [-0.3, -0.25) is 9.59 Å². The van der Waals surface area contributed by atoms with Gasteiger partial charge in [0.25, 0.3) is 0 Å². The van der Waals surface area contributed by atoms with Gasteiger partial charge < -0.3 is 13.9 Å². The molecule has 0 aliphatic carbocycles. The predicted octanol–water partition coefficient (Wildman–Crippen LogP) is 11.5. The van der Waals surface area contributed by atoms with Crippen LogP contribution in [0.3, 0.4) is 0 Å². The molecule has 0 aliphatic heterocycles. The van der Waals surface area contributed by atoms with Gasteiger partial charge in [0.2, 0.25) is 0 Å². The van der Waals surface area contributed by atoms with Crippen molar-refractivity contribution in [2.24, 2.45) is 0 Å². The highest BCUT2D eigenvalue weighted by atomic mass is 28.4. The second-order valence-electron chi connectivity index (χ2n) is 13.5. The van der Waals surface area contributed by atoms with Gasteiger partial charge in [-0.05, 0) is 32.5 Å². The number of esters is 2. The molecule has 0 amide bonds. The molecule has 250 valence electrons. The fourth-order valence-electron chi connectivity index (χ4n) is 5.18. The van der Waals surface area contributed by atoms with E-state index in [1.54, 1.807) is 0 Å². The Kier molecular flexibility index (Phi) is 29.5. The lowest BCUT2D eigenvalue weighted by molar-refractivity contribution is -0.161. The Morgan fingerprint density at radius 1 is 0.476 bits per heavy atom. The van der Waals surface area contributed by atoms with Gasteiger partial charge in [0, 0.05) is 12.8 Å². The second kappa shape index (κ2) is 30.2. The zero-order valence-corrected chi connectivity index (χ0v) is 29.9. The summed E-state index contributed by atoms with van der Waals surface area (Å²) in [4.78, 5) is 24.8. The first-order chi connectivity index (χ1) is 20.3. The van der Waals surface area contributed by atoms with E-state index in [0.717, 1.165) is 25.7 Å². The van der Waals surface area contributed by atoms with Crippen LogP contribution in [0.15, 0.2) is 0 Å². The molecule has 0 fully saturated rings. The Bertz CT molecular complexity index is 604. The number of carbonyl (C=O) groups is 2. The Hall–Kier alpha value is -0.883. The molecule has 0 aromatic heterocycles. The maximum Gasteiger partial charge on any atom is 0.306 e. The Morgan fingerprint density at radius 3 is 1.17 bits per heavy atom. The predicted molar refractivity (Wildman–Crippen MR) is 182 cm³/mol. The van der Waals surface area contributed by atoms with Gasteiger partial charge in [-0.25, -0.2) is 0 Å². The van der Waals surface area contributed by atoms with Gasteiger partial charge >= 0.3 is 11.9 Å². The number of hydrogen-bond donors (Lipinski definition) is 0. The summed E-state index contributed by atoms with van der Waals surface area (Å²) in [7, 11) is -1.77. The van der Waals surface area contributed by atoms with E-state index in [9.17, 15) is 9.59 Å². The summed E-state index contributed by atoms with van der Waals surface area (Å²) in [5, 5.41) is 0. The van der Waals surface area contributed by atoms with E-state index in [-0.39, 0.29) is 18.5 Å². The molecule has 0 saturated carbocycles. The standard InChI is InChI=1S/C36H72O5Si/c1-6-8-10-12-14-16-18-20-22-24-26-28-30-35(37)39-32-34(33-40-42(3,4)5)41-36(38)31-29-27-25-23-21-19-17-15-13-11-9-7-2/h34H,6-33H2,1-5H3. The van der Waals surface area contributed by atoms with Crippen molar-refractivity contribution in [3.63, 3.8) is 0 Å². The molecule has 1 atom stereocenters. The lowest BCUT2D eigenvalue weighted by atomic mass is 10.0. The van der Waals surface area contributed by atoms with Crippen LogP contribution in [-0.2, 0) is 23.5 Å². The summed E-state index contributed by atoms with van der Waals surface area (Å²) in [6.45, 7) is 11.2. The SMILES string of the molecule is CCCCCCCCCCCCCCC(=O)OCC(CO[Si](C)(C)C)OC(=O)CCCCCCCCCCCCCC. The topological polar surface area (TPSA) is 61.8 Å². The van der Waals surface area contributed by atoms with E-state index >= 15 is 0 Å². The molecule has 6 heteroatoms. The summed E-state index contributed by atoms with van der Waals surface area (Å²) in [6.07, 6.45) is 30.8. The van der Waals surface area contributed by atoms with Crippen LogP contribution < -0.4 is 0 Å². The lowest BCUT2D eigenvalue weighted by Gasteiger charge is -2.23. The highest BCUT2D eigenvalue weighted by molar-refractivity contribution is 6.69. The molecule has 1 unspecified atom stereocenters. The summed E-state index contributed by atoms with van der Waals surface area (Å²) in [5.74, 6) is -0.402. The van der Waals surface area contributed by atoms with Crippen molar-refractivity contribution >= 4 is 20.3 Å². The van der Waals surface area contributed by atoms with Gasteiger partial charge in [0.05, 0.1) is 6.61 Å². The summed E-state index contributed by atoms with van der Waals surface area (Å²) in [5.41, 5.74) is 0. The van der Waals surface area contributed by atoms with Crippen molar-refractivity contribution in [1.29, 1.82) is 0 Å². The van der Waals surface area contributed by atoms with Crippen LogP contribution in [0.25, 0.3) is 0 Å². The van der Waals surface area contributed by atoms with E-state index in [0.29, 0.717) is 19.4 Å². The molecule has 0 spiro atoms. The molecule has 0 N–H and O–H groups in total. The summed E-state index contributed by atoms with van der Waals surface area (Å²) >= 11 is 0. The number of unbranched alkanes of at least 4 members (excludes halogenated alkanes) is 22. The van der Waals surface area contributed by atoms with Crippen molar-refractivity contribution in [2.75, 3.05) is 13.2 Å². The highest BCUT2D eigenvalue weighted by Crippen LogP contribution is 2.15. The number of carbonyl (C=O) groups excluding carboxylic acids is 2. The van der Waals surface area contributed by atoms with Gasteiger partial charge in [-0.2, -0.15) is 0 Å². The van der Waals surface area contributed by atoms with Crippen molar-refractivity contribution in [3.05, 3.63) is 0 Å². The molecular formula is C36H72O5Si. The molecule has 0 aromatic carbocycles. The van der Waals surface area contributed by atoms with Gasteiger partial charge in [-0.1, -0.05) is 155 Å². The third-order valence-corrected chi connectivity index (χ3v) is 8.93. The first kappa shape index (κ1) is 41.1. The quantitative estimate of drug-likeness (QED) is 0.0429. The van der Waals surface area contributed by atoms with Crippen molar-refractivity contribution in [3.8, 4) is 0 Å². The van der Waals surface area contributed by atoms with E-state index in [1.165, 1.54) is 128 Å². The van der Waals surface area contributed by atoms with Gasteiger partial charge in [0.1, 0.15) is 6.61 Å². The maximum absolute atomic E-state index is 12.5. The van der Waals surface area contributed by atoms with Crippen LogP contribution >= 0.6 is 0 Å². The van der Waals surface area contributed by atoms with Crippen molar-refractivity contribution in [2.45, 2.75) is 207 Å². The molecule has 42 heavy (non-hydrogen) atoms. The minimum atomic E-state index is -1.77.